The van der Waals surface area contributed by atoms with Crippen molar-refractivity contribution in [3.8, 4) is 16.3 Å². The fraction of sp³-hybridized carbons (Fsp3) is 0.286. The van der Waals surface area contributed by atoms with E-state index in [0.717, 1.165) is 26.7 Å². The number of carbonyl (C=O) groups is 1. The first-order valence-corrected chi connectivity index (χ1v) is 9.64. The third kappa shape index (κ3) is 4.71. The lowest BCUT2D eigenvalue weighted by Gasteiger charge is -2.15. The maximum absolute atomic E-state index is 12.4. The molecule has 1 N–H and O–H groups in total. The molecule has 2 heterocycles. The van der Waals surface area contributed by atoms with E-state index < -0.39 is 6.10 Å². The van der Waals surface area contributed by atoms with Crippen molar-refractivity contribution in [3.05, 3.63) is 64.4 Å². The molecular weight excluding hydrogens is 358 g/mol. The van der Waals surface area contributed by atoms with Crippen LogP contribution in [-0.4, -0.2) is 22.0 Å². The standard InChI is InChI=1S/C21H23N3O2S/c1-13-7-8-18(10-14(13)2)26-16(4)20(25)23-12-19-15(3)24-21(27-19)17-6-5-9-22-11-17/h5-11,16H,12H2,1-4H3,(H,23,25). The summed E-state index contributed by atoms with van der Waals surface area (Å²) in [4.78, 5) is 22.1. The van der Waals surface area contributed by atoms with E-state index in [1.54, 1.807) is 30.7 Å². The van der Waals surface area contributed by atoms with Gasteiger partial charge in [-0.1, -0.05) is 6.07 Å². The molecule has 27 heavy (non-hydrogen) atoms. The Morgan fingerprint density at radius 1 is 1.22 bits per heavy atom. The number of amides is 1. The Kier molecular flexibility index (Phi) is 5.86. The molecule has 1 amide bonds. The van der Waals surface area contributed by atoms with Crippen molar-refractivity contribution in [2.75, 3.05) is 0 Å². The first-order valence-electron chi connectivity index (χ1n) is 8.82. The molecule has 3 aromatic rings. The van der Waals surface area contributed by atoms with E-state index in [0.29, 0.717) is 12.3 Å². The lowest BCUT2D eigenvalue weighted by Crippen LogP contribution is -2.35. The average molecular weight is 382 g/mol. The highest BCUT2D eigenvalue weighted by atomic mass is 32.1. The van der Waals surface area contributed by atoms with Gasteiger partial charge >= 0.3 is 0 Å². The second kappa shape index (κ2) is 8.31. The Labute approximate surface area is 163 Å². The lowest BCUT2D eigenvalue weighted by atomic mass is 10.1. The number of benzene rings is 1. The molecule has 6 heteroatoms. The molecule has 0 aliphatic carbocycles. The minimum absolute atomic E-state index is 0.149. The highest BCUT2D eigenvalue weighted by Gasteiger charge is 2.16. The van der Waals surface area contributed by atoms with Crippen LogP contribution in [-0.2, 0) is 11.3 Å². The molecule has 0 aliphatic heterocycles. The van der Waals surface area contributed by atoms with Crippen LogP contribution in [0.15, 0.2) is 42.7 Å². The molecule has 0 bridgehead atoms. The van der Waals surface area contributed by atoms with Gasteiger partial charge in [-0.05, 0) is 63.1 Å². The maximum atomic E-state index is 12.4. The summed E-state index contributed by atoms with van der Waals surface area (Å²) in [6.45, 7) is 8.22. The molecule has 3 rings (SSSR count). The minimum atomic E-state index is -0.571. The Balaban J connectivity index is 1.60. The van der Waals surface area contributed by atoms with Crippen LogP contribution in [0.5, 0.6) is 5.75 Å². The predicted octanol–water partition coefficient (Wildman–Crippen LogP) is 4.21. The molecule has 1 aromatic carbocycles. The van der Waals surface area contributed by atoms with Gasteiger partial charge in [0.2, 0.25) is 0 Å². The predicted molar refractivity (Wildman–Crippen MR) is 108 cm³/mol. The molecule has 0 spiro atoms. The maximum Gasteiger partial charge on any atom is 0.261 e. The monoisotopic (exact) mass is 381 g/mol. The largest absolute Gasteiger partial charge is 0.481 e. The van der Waals surface area contributed by atoms with Gasteiger partial charge in [-0.3, -0.25) is 9.78 Å². The molecule has 2 aromatic heterocycles. The van der Waals surface area contributed by atoms with Gasteiger partial charge in [0.25, 0.3) is 5.91 Å². The summed E-state index contributed by atoms with van der Waals surface area (Å²) in [5.74, 6) is 0.553. The fourth-order valence-electron chi connectivity index (χ4n) is 2.56. The summed E-state index contributed by atoms with van der Waals surface area (Å²) in [6, 6.07) is 9.70. The van der Waals surface area contributed by atoms with E-state index >= 15 is 0 Å². The van der Waals surface area contributed by atoms with E-state index in [4.69, 9.17) is 4.74 Å². The average Bonchev–Trinajstić information content (AvgIpc) is 3.04. The van der Waals surface area contributed by atoms with Crippen LogP contribution in [0.1, 0.15) is 28.6 Å². The number of aromatic nitrogens is 2. The molecule has 5 nitrogen and oxygen atoms in total. The van der Waals surface area contributed by atoms with Gasteiger partial charge in [0.05, 0.1) is 12.2 Å². The van der Waals surface area contributed by atoms with Gasteiger partial charge in [-0.2, -0.15) is 0 Å². The summed E-state index contributed by atoms with van der Waals surface area (Å²) >= 11 is 1.57. The molecular formula is C21H23N3O2S. The van der Waals surface area contributed by atoms with Gasteiger partial charge in [-0.15, -0.1) is 11.3 Å². The van der Waals surface area contributed by atoms with Crippen LogP contribution in [0.3, 0.4) is 0 Å². The van der Waals surface area contributed by atoms with Crippen molar-refractivity contribution in [1.82, 2.24) is 15.3 Å². The van der Waals surface area contributed by atoms with Crippen LogP contribution in [0, 0.1) is 20.8 Å². The smallest absolute Gasteiger partial charge is 0.261 e. The van der Waals surface area contributed by atoms with Crippen LogP contribution in [0.2, 0.25) is 0 Å². The van der Waals surface area contributed by atoms with Crippen molar-refractivity contribution in [1.29, 1.82) is 0 Å². The Hall–Kier alpha value is -2.73. The zero-order chi connectivity index (χ0) is 19.4. The molecule has 0 fully saturated rings. The van der Waals surface area contributed by atoms with Gasteiger partial charge in [-0.25, -0.2) is 4.98 Å². The number of hydrogen-bond donors (Lipinski definition) is 1. The second-order valence-electron chi connectivity index (χ2n) is 6.49. The van der Waals surface area contributed by atoms with E-state index in [1.807, 2.05) is 51.1 Å². The number of thiazole rings is 1. The highest BCUT2D eigenvalue weighted by molar-refractivity contribution is 7.15. The topological polar surface area (TPSA) is 64.1 Å². The third-order valence-corrected chi connectivity index (χ3v) is 5.59. The van der Waals surface area contributed by atoms with Gasteiger partial charge < -0.3 is 10.1 Å². The fourth-order valence-corrected chi connectivity index (χ4v) is 3.55. The summed E-state index contributed by atoms with van der Waals surface area (Å²) in [6.07, 6.45) is 2.96. The number of aryl methyl sites for hydroxylation is 3. The Bertz CT molecular complexity index is 938. The normalized spacial score (nSPS) is 11.9. The quantitative estimate of drug-likeness (QED) is 0.694. The molecule has 0 saturated carbocycles. The van der Waals surface area contributed by atoms with E-state index in [1.165, 1.54) is 5.56 Å². The molecule has 0 radical (unpaired) electrons. The molecule has 1 unspecified atom stereocenters. The lowest BCUT2D eigenvalue weighted by molar-refractivity contribution is -0.127. The van der Waals surface area contributed by atoms with E-state index in [2.05, 4.69) is 15.3 Å². The van der Waals surface area contributed by atoms with Crippen molar-refractivity contribution in [3.63, 3.8) is 0 Å². The first-order chi connectivity index (χ1) is 12.9. The summed E-state index contributed by atoms with van der Waals surface area (Å²) < 4.78 is 5.77. The van der Waals surface area contributed by atoms with Gasteiger partial charge in [0.1, 0.15) is 10.8 Å². The van der Waals surface area contributed by atoms with E-state index in [9.17, 15) is 4.79 Å². The number of nitrogens with one attached hydrogen (secondary N) is 1. The summed E-state index contributed by atoms with van der Waals surface area (Å²) in [7, 11) is 0. The van der Waals surface area contributed by atoms with Crippen LogP contribution in [0.4, 0.5) is 0 Å². The number of carbonyl (C=O) groups excluding carboxylic acids is 1. The van der Waals surface area contributed by atoms with Crippen molar-refractivity contribution >= 4 is 17.2 Å². The van der Waals surface area contributed by atoms with Crippen molar-refractivity contribution in [2.45, 2.75) is 40.3 Å². The third-order valence-electron chi connectivity index (χ3n) is 4.38. The first kappa shape index (κ1) is 19.0. The number of nitrogens with zero attached hydrogens (tertiary/aromatic N) is 2. The zero-order valence-electron chi connectivity index (χ0n) is 15.9. The molecule has 0 saturated heterocycles. The SMILES string of the molecule is Cc1ccc(OC(C)C(=O)NCc2sc(-c3cccnc3)nc2C)cc1C. The van der Waals surface area contributed by atoms with Crippen LogP contribution in [0.25, 0.3) is 10.6 Å². The minimum Gasteiger partial charge on any atom is -0.481 e. The van der Waals surface area contributed by atoms with Crippen molar-refractivity contribution in [2.24, 2.45) is 0 Å². The van der Waals surface area contributed by atoms with Gasteiger partial charge in [0.15, 0.2) is 6.10 Å². The van der Waals surface area contributed by atoms with Crippen molar-refractivity contribution < 1.29 is 9.53 Å². The number of rotatable bonds is 6. The van der Waals surface area contributed by atoms with E-state index in [-0.39, 0.29) is 5.91 Å². The molecule has 0 aliphatic rings. The Morgan fingerprint density at radius 3 is 2.74 bits per heavy atom. The Morgan fingerprint density at radius 2 is 2.04 bits per heavy atom. The number of ether oxygens (including phenoxy) is 1. The number of pyridine rings is 1. The van der Waals surface area contributed by atoms with Gasteiger partial charge in [0, 0.05) is 22.8 Å². The van der Waals surface area contributed by atoms with Crippen LogP contribution < -0.4 is 10.1 Å². The summed E-state index contributed by atoms with van der Waals surface area (Å²) in [5.41, 5.74) is 4.24. The molecule has 1 atom stereocenters. The highest BCUT2D eigenvalue weighted by Crippen LogP contribution is 2.27. The zero-order valence-corrected chi connectivity index (χ0v) is 16.8. The number of hydrogen-bond acceptors (Lipinski definition) is 5. The molecule has 140 valence electrons. The van der Waals surface area contributed by atoms with Crippen LogP contribution >= 0.6 is 11.3 Å². The summed E-state index contributed by atoms with van der Waals surface area (Å²) in [5, 5.41) is 3.85. The second-order valence-corrected chi connectivity index (χ2v) is 7.58.